The highest BCUT2D eigenvalue weighted by atomic mass is 35.5. The summed E-state index contributed by atoms with van der Waals surface area (Å²) in [5.41, 5.74) is 1.47. The molecule has 17 heavy (non-hydrogen) atoms. The van der Waals surface area contributed by atoms with Gasteiger partial charge in [0.05, 0.1) is 10.6 Å². The van der Waals surface area contributed by atoms with E-state index in [1.54, 1.807) is 6.07 Å². The van der Waals surface area contributed by atoms with Gasteiger partial charge in [-0.25, -0.2) is 0 Å². The minimum absolute atomic E-state index is 0.102. The fourth-order valence-corrected chi connectivity index (χ4v) is 1.72. The van der Waals surface area contributed by atoms with Crippen LogP contribution in [0, 0.1) is 6.92 Å². The minimum atomic E-state index is -0.102. The molecule has 4 heteroatoms. The lowest BCUT2D eigenvalue weighted by molar-refractivity contribution is 0.0953. The maximum absolute atomic E-state index is 11.8. The van der Waals surface area contributed by atoms with E-state index < -0.39 is 0 Å². The number of halogens is 1. The van der Waals surface area contributed by atoms with E-state index in [1.807, 2.05) is 19.1 Å². The monoisotopic (exact) mass is 254 g/mol. The number of carbonyl (C=O) groups excluding carboxylic acids is 1. The lowest BCUT2D eigenvalue weighted by atomic mass is 10.1. The quantitative estimate of drug-likeness (QED) is 0.766. The van der Waals surface area contributed by atoms with Crippen molar-refractivity contribution < 1.29 is 4.79 Å². The number of amides is 1. The Hall–Kier alpha value is -1.06. The molecule has 94 valence electrons. The highest BCUT2D eigenvalue weighted by Crippen LogP contribution is 2.19. The van der Waals surface area contributed by atoms with Crippen molar-refractivity contribution in [3.63, 3.8) is 0 Å². The zero-order valence-electron chi connectivity index (χ0n) is 10.3. The average molecular weight is 255 g/mol. The van der Waals surface area contributed by atoms with Crippen molar-refractivity contribution in [1.29, 1.82) is 0 Å². The highest BCUT2D eigenvalue weighted by Gasteiger charge is 2.10. The fraction of sp³-hybridized carbons (Fsp3) is 0.462. The second-order valence-electron chi connectivity index (χ2n) is 3.90. The van der Waals surface area contributed by atoms with E-state index >= 15 is 0 Å². The normalized spacial score (nSPS) is 10.3. The van der Waals surface area contributed by atoms with Crippen LogP contribution >= 0.6 is 11.6 Å². The molecule has 2 N–H and O–H groups in total. The molecule has 0 aliphatic carbocycles. The topological polar surface area (TPSA) is 41.1 Å². The molecule has 0 saturated heterocycles. The van der Waals surface area contributed by atoms with Crippen LogP contribution in [0.2, 0.25) is 5.02 Å². The van der Waals surface area contributed by atoms with Crippen molar-refractivity contribution in [3.8, 4) is 0 Å². The molecule has 1 aromatic carbocycles. The van der Waals surface area contributed by atoms with Gasteiger partial charge in [-0.15, -0.1) is 0 Å². The molecular formula is C13H19ClN2O. The lowest BCUT2D eigenvalue weighted by Gasteiger charge is -2.08. The van der Waals surface area contributed by atoms with E-state index in [9.17, 15) is 4.79 Å². The number of carbonyl (C=O) groups is 1. The summed E-state index contributed by atoms with van der Waals surface area (Å²) in [4.78, 5) is 11.8. The fourth-order valence-electron chi connectivity index (χ4n) is 1.51. The van der Waals surface area contributed by atoms with Crippen molar-refractivity contribution >= 4 is 17.5 Å². The summed E-state index contributed by atoms with van der Waals surface area (Å²) < 4.78 is 0. The molecule has 0 spiro atoms. The van der Waals surface area contributed by atoms with Crippen molar-refractivity contribution in [2.24, 2.45) is 0 Å². The summed E-state index contributed by atoms with van der Waals surface area (Å²) in [6.07, 6.45) is 0.920. The first-order valence-corrected chi connectivity index (χ1v) is 6.28. The molecule has 0 aromatic heterocycles. The Morgan fingerprint density at radius 1 is 1.35 bits per heavy atom. The maximum atomic E-state index is 11.8. The van der Waals surface area contributed by atoms with Crippen molar-refractivity contribution in [2.75, 3.05) is 19.6 Å². The van der Waals surface area contributed by atoms with Crippen molar-refractivity contribution in [3.05, 3.63) is 34.3 Å². The van der Waals surface area contributed by atoms with Gasteiger partial charge in [-0.3, -0.25) is 4.79 Å². The van der Waals surface area contributed by atoms with Crippen LogP contribution in [-0.2, 0) is 0 Å². The van der Waals surface area contributed by atoms with Gasteiger partial charge in [0.25, 0.3) is 5.91 Å². The van der Waals surface area contributed by atoms with Gasteiger partial charge < -0.3 is 10.6 Å². The summed E-state index contributed by atoms with van der Waals surface area (Å²) in [6.45, 7) is 6.49. The summed E-state index contributed by atoms with van der Waals surface area (Å²) in [5, 5.41) is 6.61. The molecule has 1 rings (SSSR count). The van der Waals surface area contributed by atoms with E-state index in [0.29, 0.717) is 17.1 Å². The molecule has 0 bridgehead atoms. The largest absolute Gasteiger partial charge is 0.352 e. The predicted octanol–water partition coefficient (Wildman–Crippen LogP) is 2.38. The smallest absolute Gasteiger partial charge is 0.252 e. The van der Waals surface area contributed by atoms with Gasteiger partial charge in [-0.2, -0.15) is 0 Å². The van der Waals surface area contributed by atoms with Crippen LogP contribution in [0.4, 0.5) is 0 Å². The Labute approximate surface area is 108 Å². The molecule has 0 heterocycles. The van der Waals surface area contributed by atoms with Crippen LogP contribution in [0.25, 0.3) is 0 Å². The number of rotatable bonds is 6. The van der Waals surface area contributed by atoms with Gasteiger partial charge in [-0.1, -0.05) is 30.7 Å². The zero-order valence-corrected chi connectivity index (χ0v) is 11.1. The molecule has 0 aliphatic rings. The Bertz CT molecular complexity index is 380. The van der Waals surface area contributed by atoms with Crippen LogP contribution in [0.1, 0.15) is 29.3 Å². The number of hydrogen-bond donors (Lipinski definition) is 2. The van der Waals surface area contributed by atoms with Crippen LogP contribution < -0.4 is 10.6 Å². The first-order chi connectivity index (χ1) is 8.16. The van der Waals surface area contributed by atoms with Gasteiger partial charge in [0.15, 0.2) is 0 Å². The Morgan fingerprint density at radius 2 is 2.12 bits per heavy atom. The zero-order chi connectivity index (χ0) is 12.7. The van der Waals surface area contributed by atoms with E-state index in [4.69, 9.17) is 11.6 Å². The van der Waals surface area contributed by atoms with Crippen LogP contribution in [0.3, 0.4) is 0 Å². The lowest BCUT2D eigenvalue weighted by Crippen LogP contribution is -2.27. The Morgan fingerprint density at radius 3 is 2.82 bits per heavy atom. The Balaban J connectivity index is 2.44. The van der Waals surface area contributed by atoms with E-state index in [-0.39, 0.29) is 5.91 Å². The van der Waals surface area contributed by atoms with Crippen LogP contribution in [0.15, 0.2) is 18.2 Å². The highest BCUT2D eigenvalue weighted by molar-refractivity contribution is 6.34. The summed E-state index contributed by atoms with van der Waals surface area (Å²) in [5.74, 6) is -0.102. The molecule has 0 aliphatic heterocycles. The van der Waals surface area contributed by atoms with Crippen LogP contribution in [0.5, 0.6) is 0 Å². The van der Waals surface area contributed by atoms with Crippen molar-refractivity contribution in [1.82, 2.24) is 10.6 Å². The summed E-state index contributed by atoms with van der Waals surface area (Å²) in [7, 11) is 0. The first kappa shape index (κ1) is 14.0. The predicted molar refractivity (Wildman–Crippen MR) is 71.7 cm³/mol. The average Bonchev–Trinajstić information content (AvgIpc) is 2.32. The van der Waals surface area contributed by atoms with Gasteiger partial charge in [-0.05, 0) is 38.1 Å². The second kappa shape index (κ2) is 7.30. The molecular weight excluding hydrogens is 236 g/mol. The summed E-state index contributed by atoms with van der Waals surface area (Å²) >= 11 is 6.08. The van der Waals surface area contributed by atoms with Crippen LogP contribution in [-0.4, -0.2) is 25.5 Å². The maximum Gasteiger partial charge on any atom is 0.252 e. The summed E-state index contributed by atoms with van der Waals surface area (Å²) in [6, 6.07) is 5.48. The Kier molecular flexibility index (Phi) is 6.01. The number of aryl methyl sites for hydroxylation is 1. The molecule has 0 saturated carbocycles. The first-order valence-electron chi connectivity index (χ1n) is 5.90. The molecule has 0 unspecified atom stereocenters. The van der Waals surface area contributed by atoms with Gasteiger partial charge >= 0.3 is 0 Å². The third-order valence-corrected chi connectivity index (χ3v) is 3.00. The van der Waals surface area contributed by atoms with E-state index in [2.05, 4.69) is 17.6 Å². The van der Waals surface area contributed by atoms with Crippen molar-refractivity contribution in [2.45, 2.75) is 20.3 Å². The van der Waals surface area contributed by atoms with Gasteiger partial charge in [0.1, 0.15) is 0 Å². The molecule has 0 radical (unpaired) electrons. The molecule has 0 fully saturated rings. The van der Waals surface area contributed by atoms with E-state index in [1.165, 1.54) is 0 Å². The molecule has 1 aromatic rings. The molecule has 3 nitrogen and oxygen atoms in total. The van der Waals surface area contributed by atoms with Gasteiger partial charge in [0.2, 0.25) is 0 Å². The standard InChI is InChI=1S/C13H19ClN2O/c1-3-15-8-5-9-16-13(17)11-7-4-6-10(2)12(11)14/h4,6-7,15H,3,5,8-9H2,1-2H3,(H,16,17). The minimum Gasteiger partial charge on any atom is -0.352 e. The van der Waals surface area contributed by atoms with E-state index in [0.717, 1.165) is 25.1 Å². The molecule has 1 amide bonds. The molecule has 0 atom stereocenters. The third-order valence-electron chi connectivity index (χ3n) is 2.50. The number of benzene rings is 1. The van der Waals surface area contributed by atoms with Gasteiger partial charge in [0, 0.05) is 6.54 Å². The second-order valence-corrected chi connectivity index (χ2v) is 4.28. The third kappa shape index (κ3) is 4.36. The number of nitrogens with one attached hydrogen (secondary N) is 2. The number of hydrogen-bond acceptors (Lipinski definition) is 2. The SMILES string of the molecule is CCNCCCNC(=O)c1cccc(C)c1Cl.